The summed E-state index contributed by atoms with van der Waals surface area (Å²) in [5, 5.41) is 15.4. The first-order valence-electron chi connectivity index (χ1n) is 5.22. The van der Waals surface area contributed by atoms with Gasteiger partial charge in [0, 0.05) is 0 Å². The van der Waals surface area contributed by atoms with Crippen molar-refractivity contribution in [2.75, 3.05) is 7.11 Å². The summed E-state index contributed by atoms with van der Waals surface area (Å²) in [4.78, 5) is 18.3. The maximum absolute atomic E-state index is 11.2. The second-order valence-corrected chi connectivity index (χ2v) is 4.50. The Bertz CT molecular complexity index is 655. The predicted molar refractivity (Wildman–Crippen MR) is 69.5 cm³/mol. The maximum Gasteiger partial charge on any atom is 0.375 e. The monoisotopic (exact) mass is 327 g/mol. The van der Waals surface area contributed by atoms with Gasteiger partial charge in [0.05, 0.1) is 27.9 Å². The van der Waals surface area contributed by atoms with Crippen LogP contribution in [0.2, 0.25) is 0 Å². The Balaban J connectivity index is 2.75. The molecule has 0 N–H and O–H groups in total. The van der Waals surface area contributed by atoms with Gasteiger partial charge in [-0.05, 0) is 29.8 Å². The van der Waals surface area contributed by atoms with E-state index in [1.165, 1.54) is 18.1 Å². The minimum atomic E-state index is -0.585. The van der Waals surface area contributed by atoms with Crippen molar-refractivity contribution >= 4 is 21.6 Å². The van der Waals surface area contributed by atoms with E-state index >= 15 is 0 Å². The molecule has 0 fully saturated rings. The van der Waals surface area contributed by atoms with E-state index in [1.54, 1.807) is 13.8 Å². The van der Waals surface area contributed by atoms with Gasteiger partial charge in [-0.15, -0.1) is 0 Å². The summed E-state index contributed by atoms with van der Waals surface area (Å²) in [6, 6.07) is 0. The second kappa shape index (κ2) is 4.92. The standard InChI is InChI=1S/C10H10BrN5O3/c1-5-7(11)6(2)15(14-5)9-8(16(17)18)10(19-3)13-4-12-9/h4H,1-3H3. The zero-order valence-electron chi connectivity index (χ0n) is 10.4. The highest BCUT2D eigenvalue weighted by molar-refractivity contribution is 9.10. The van der Waals surface area contributed by atoms with Crippen LogP contribution in [-0.4, -0.2) is 31.8 Å². The molecule has 0 saturated carbocycles. The molecule has 0 aliphatic heterocycles. The Morgan fingerprint density at radius 3 is 2.58 bits per heavy atom. The van der Waals surface area contributed by atoms with E-state index in [9.17, 15) is 10.1 Å². The number of aryl methyl sites for hydroxylation is 1. The molecule has 2 heterocycles. The molecule has 0 radical (unpaired) electrons. The number of nitro groups is 1. The van der Waals surface area contributed by atoms with E-state index in [0.29, 0.717) is 11.4 Å². The number of rotatable bonds is 3. The smallest absolute Gasteiger partial charge is 0.375 e. The zero-order chi connectivity index (χ0) is 14.2. The molecule has 0 aliphatic rings. The Labute approximate surface area is 116 Å². The van der Waals surface area contributed by atoms with Gasteiger partial charge in [-0.1, -0.05) is 0 Å². The van der Waals surface area contributed by atoms with Crippen molar-refractivity contribution in [1.29, 1.82) is 0 Å². The first-order chi connectivity index (χ1) is 8.97. The number of hydrogen-bond donors (Lipinski definition) is 0. The lowest BCUT2D eigenvalue weighted by atomic mass is 10.4. The van der Waals surface area contributed by atoms with Crippen LogP contribution < -0.4 is 4.74 Å². The summed E-state index contributed by atoms with van der Waals surface area (Å²) in [5.74, 6) is -0.0261. The summed E-state index contributed by atoms with van der Waals surface area (Å²) < 4.78 is 7.07. The third kappa shape index (κ3) is 2.16. The first-order valence-corrected chi connectivity index (χ1v) is 6.02. The van der Waals surface area contributed by atoms with E-state index in [-0.39, 0.29) is 17.4 Å². The molecule has 2 rings (SSSR count). The van der Waals surface area contributed by atoms with E-state index in [2.05, 4.69) is 31.0 Å². The summed E-state index contributed by atoms with van der Waals surface area (Å²) >= 11 is 3.37. The van der Waals surface area contributed by atoms with E-state index in [4.69, 9.17) is 4.74 Å². The van der Waals surface area contributed by atoms with Crippen LogP contribution in [0.25, 0.3) is 5.82 Å². The van der Waals surface area contributed by atoms with Crippen LogP contribution in [0.4, 0.5) is 5.69 Å². The lowest BCUT2D eigenvalue weighted by Gasteiger charge is -2.06. The van der Waals surface area contributed by atoms with Gasteiger partial charge in [0.25, 0.3) is 5.88 Å². The molecule has 100 valence electrons. The number of ether oxygens (including phenoxy) is 1. The van der Waals surface area contributed by atoms with Crippen molar-refractivity contribution in [2.24, 2.45) is 0 Å². The molecular formula is C10H10BrN5O3. The van der Waals surface area contributed by atoms with Crippen molar-refractivity contribution in [3.8, 4) is 11.7 Å². The van der Waals surface area contributed by atoms with Crippen LogP contribution in [0.5, 0.6) is 5.88 Å². The van der Waals surface area contributed by atoms with Crippen molar-refractivity contribution in [3.05, 3.63) is 32.3 Å². The van der Waals surface area contributed by atoms with Crippen LogP contribution in [0.1, 0.15) is 11.4 Å². The highest BCUT2D eigenvalue weighted by Crippen LogP contribution is 2.31. The minimum absolute atomic E-state index is 0.0724. The fourth-order valence-corrected chi connectivity index (χ4v) is 1.90. The van der Waals surface area contributed by atoms with Gasteiger partial charge >= 0.3 is 5.69 Å². The molecule has 0 unspecified atom stereocenters. The summed E-state index contributed by atoms with van der Waals surface area (Å²) in [6.07, 6.45) is 1.20. The topological polar surface area (TPSA) is 96.0 Å². The first kappa shape index (κ1) is 13.4. The largest absolute Gasteiger partial charge is 0.476 e. The number of nitrogens with zero attached hydrogens (tertiary/aromatic N) is 5. The third-order valence-electron chi connectivity index (χ3n) is 2.55. The Kier molecular flexibility index (Phi) is 3.47. The molecule has 19 heavy (non-hydrogen) atoms. The quantitative estimate of drug-likeness (QED) is 0.631. The van der Waals surface area contributed by atoms with E-state index in [1.807, 2.05) is 0 Å². The molecule has 9 heteroatoms. The number of aromatic nitrogens is 4. The highest BCUT2D eigenvalue weighted by Gasteiger charge is 2.27. The molecule has 0 bridgehead atoms. The average Bonchev–Trinajstić information content (AvgIpc) is 2.65. The van der Waals surface area contributed by atoms with Crippen molar-refractivity contribution in [1.82, 2.24) is 19.7 Å². The molecule has 8 nitrogen and oxygen atoms in total. The molecule has 0 spiro atoms. The van der Waals surface area contributed by atoms with E-state index in [0.717, 1.165) is 4.47 Å². The summed E-state index contributed by atoms with van der Waals surface area (Å²) in [7, 11) is 1.32. The third-order valence-corrected chi connectivity index (χ3v) is 3.70. The van der Waals surface area contributed by atoms with Gasteiger partial charge in [0.2, 0.25) is 5.82 Å². The molecule has 2 aromatic heterocycles. The Hall–Kier alpha value is -2.03. The van der Waals surface area contributed by atoms with Gasteiger partial charge < -0.3 is 4.74 Å². The summed E-state index contributed by atoms with van der Waals surface area (Å²) in [6.45, 7) is 3.57. The van der Waals surface area contributed by atoms with Crippen LogP contribution in [0, 0.1) is 24.0 Å². The second-order valence-electron chi connectivity index (χ2n) is 3.71. The van der Waals surface area contributed by atoms with Crippen LogP contribution >= 0.6 is 15.9 Å². The molecule has 0 saturated heterocycles. The zero-order valence-corrected chi connectivity index (χ0v) is 12.0. The van der Waals surface area contributed by atoms with Gasteiger partial charge in [0.1, 0.15) is 6.33 Å². The average molecular weight is 328 g/mol. The Morgan fingerprint density at radius 2 is 2.11 bits per heavy atom. The van der Waals surface area contributed by atoms with Crippen LogP contribution in [0.15, 0.2) is 10.8 Å². The molecule has 0 aromatic carbocycles. The predicted octanol–water partition coefficient (Wildman–Crippen LogP) is 1.96. The number of hydrogen-bond acceptors (Lipinski definition) is 6. The number of methoxy groups -OCH3 is 1. The SMILES string of the molecule is COc1ncnc(-n2nc(C)c(Br)c2C)c1[N+](=O)[O-]. The maximum atomic E-state index is 11.2. The minimum Gasteiger partial charge on any atom is -0.476 e. The van der Waals surface area contributed by atoms with Crippen LogP contribution in [-0.2, 0) is 0 Å². The van der Waals surface area contributed by atoms with Gasteiger partial charge in [-0.25, -0.2) is 9.67 Å². The lowest BCUT2D eigenvalue weighted by Crippen LogP contribution is -2.08. The van der Waals surface area contributed by atoms with Gasteiger partial charge in [-0.3, -0.25) is 10.1 Å². The van der Waals surface area contributed by atoms with Gasteiger partial charge in [-0.2, -0.15) is 10.1 Å². The molecule has 2 aromatic rings. The number of halogens is 1. The fourth-order valence-electron chi connectivity index (χ4n) is 1.65. The fraction of sp³-hybridized carbons (Fsp3) is 0.300. The van der Waals surface area contributed by atoms with Gasteiger partial charge in [0.15, 0.2) is 0 Å². The highest BCUT2D eigenvalue weighted by atomic mass is 79.9. The van der Waals surface area contributed by atoms with E-state index < -0.39 is 4.92 Å². The lowest BCUT2D eigenvalue weighted by molar-refractivity contribution is -0.386. The Morgan fingerprint density at radius 1 is 1.42 bits per heavy atom. The summed E-state index contributed by atoms with van der Waals surface area (Å²) in [5.41, 5.74) is 1.11. The molecule has 0 amide bonds. The van der Waals surface area contributed by atoms with Crippen molar-refractivity contribution in [3.63, 3.8) is 0 Å². The van der Waals surface area contributed by atoms with Crippen LogP contribution in [0.3, 0.4) is 0 Å². The van der Waals surface area contributed by atoms with Crippen molar-refractivity contribution < 1.29 is 9.66 Å². The van der Waals surface area contributed by atoms with Crippen molar-refractivity contribution in [2.45, 2.75) is 13.8 Å². The normalized spacial score (nSPS) is 10.5. The molecule has 0 aliphatic carbocycles. The molecule has 0 atom stereocenters. The molecular weight excluding hydrogens is 318 g/mol.